The molecule has 0 aliphatic carbocycles. The monoisotopic (exact) mass is 233 g/mol. The van der Waals surface area contributed by atoms with Crippen molar-refractivity contribution >= 4 is 12.0 Å². The third kappa shape index (κ3) is 5.88. The molecule has 0 amide bonds. The Hall–Kier alpha value is -1.61. The third-order valence-electron chi connectivity index (χ3n) is 2.56. The zero-order valence-electron chi connectivity index (χ0n) is 10.2. The molecule has 1 N–H and O–H groups in total. The second-order valence-electron chi connectivity index (χ2n) is 3.85. The first-order valence-electron chi connectivity index (χ1n) is 5.88. The molecule has 92 valence electrons. The maximum atomic E-state index is 10.5. The zero-order valence-corrected chi connectivity index (χ0v) is 10.2. The lowest BCUT2D eigenvalue weighted by Crippen LogP contribution is -2.26. The van der Waals surface area contributed by atoms with Crippen LogP contribution in [0.5, 0.6) is 0 Å². The largest absolute Gasteiger partial charge is 0.481 e. The SMILES string of the molecule is CCN(CC=Cc1ccccc1)CCC(=O)O. The van der Waals surface area contributed by atoms with Gasteiger partial charge in [-0.2, -0.15) is 0 Å². The first-order valence-corrected chi connectivity index (χ1v) is 5.88. The standard InChI is InChI=1S/C14H19NO2/c1-2-15(12-10-14(16)17)11-6-9-13-7-4-3-5-8-13/h3-9H,2,10-12H2,1H3,(H,16,17). The quantitative estimate of drug-likeness (QED) is 0.786. The Bertz CT molecular complexity index is 360. The molecule has 1 aromatic carbocycles. The van der Waals surface area contributed by atoms with Gasteiger partial charge in [-0.3, -0.25) is 9.69 Å². The fraction of sp³-hybridized carbons (Fsp3) is 0.357. The molecule has 0 unspecified atom stereocenters. The van der Waals surface area contributed by atoms with Gasteiger partial charge in [0.05, 0.1) is 6.42 Å². The fourth-order valence-corrected chi connectivity index (χ4v) is 1.53. The summed E-state index contributed by atoms with van der Waals surface area (Å²) in [5.74, 6) is -0.740. The Labute approximate surface area is 102 Å². The summed E-state index contributed by atoms with van der Waals surface area (Å²) in [7, 11) is 0. The highest BCUT2D eigenvalue weighted by Crippen LogP contribution is 2.01. The van der Waals surface area contributed by atoms with Crippen molar-refractivity contribution in [1.82, 2.24) is 4.90 Å². The number of hydrogen-bond donors (Lipinski definition) is 1. The molecule has 0 spiro atoms. The number of carboxylic acid groups (broad SMARTS) is 1. The van der Waals surface area contributed by atoms with Crippen molar-refractivity contribution in [3.63, 3.8) is 0 Å². The van der Waals surface area contributed by atoms with Crippen LogP contribution in [0.1, 0.15) is 18.9 Å². The number of benzene rings is 1. The molecule has 0 aromatic heterocycles. The van der Waals surface area contributed by atoms with Gasteiger partial charge in [0.2, 0.25) is 0 Å². The van der Waals surface area contributed by atoms with Gasteiger partial charge in [-0.15, -0.1) is 0 Å². The number of likely N-dealkylation sites (N-methyl/N-ethyl adjacent to an activating group) is 1. The summed E-state index contributed by atoms with van der Waals surface area (Å²) in [5.41, 5.74) is 1.17. The van der Waals surface area contributed by atoms with Crippen LogP contribution in [-0.2, 0) is 4.79 Å². The summed E-state index contributed by atoms with van der Waals surface area (Å²) < 4.78 is 0. The third-order valence-corrected chi connectivity index (χ3v) is 2.56. The highest BCUT2D eigenvalue weighted by Gasteiger charge is 2.02. The van der Waals surface area contributed by atoms with Crippen molar-refractivity contribution in [3.05, 3.63) is 42.0 Å². The van der Waals surface area contributed by atoms with Crippen molar-refractivity contribution in [1.29, 1.82) is 0 Å². The van der Waals surface area contributed by atoms with Crippen molar-refractivity contribution in [3.8, 4) is 0 Å². The van der Waals surface area contributed by atoms with Gasteiger partial charge in [0, 0.05) is 13.1 Å². The lowest BCUT2D eigenvalue weighted by molar-refractivity contribution is -0.137. The highest BCUT2D eigenvalue weighted by atomic mass is 16.4. The van der Waals surface area contributed by atoms with Gasteiger partial charge in [0.15, 0.2) is 0 Å². The molecule has 0 saturated carbocycles. The highest BCUT2D eigenvalue weighted by molar-refractivity contribution is 5.66. The van der Waals surface area contributed by atoms with Crippen LogP contribution >= 0.6 is 0 Å². The molecule has 17 heavy (non-hydrogen) atoms. The predicted molar refractivity (Wildman–Crippen MR) is 69.8 cm³/mol. The van der Waals surface area contributed by atoms with E-state index in [1.807, 2.05) is 37.3 Å². The first-order chi connectivity index (χ1) is 8.22. The van der Waals surface area contributed by atoms with Gasteiger partial charge < -0.3 is 5.11 Å². The Morgan fingerprint density at radius 2 is 2.06 bits per heavy atom. The normalized spacial score (nSPS) is 11.2. The van der Waals surface area contributed by atoms with Crippen LogP contribution in [0.4, 0.5) is 0 Å². The van der Waals surface area contributed by atoms with E-state index in [9.17, 15) is 4.79 Å². The molecule has 1 aromatic rings. The van der Waals surface area contributed by atoms with E-state index >= 15 is 0 Å². The molecular formula is C14H19NO2. The minimum atomic E-state index is -0.740. The molecule has 3 nitrogen and oxygen atoms in total. The van der Waals surface area contributed by atoms with Crippen molar-refractivity contribution in [2.45, 2.75) is 13.3 Å². The minimum absolute atomic E-state index is 0.201. The number of carbonyl (C=O) groups is 1. The van der Waals surface area contributed by atoms with E-state index in [2.05, 4.69) is 17.1 Å². The van der Waals surface area contributed by atoms with Crippen LogP contribution < -0.4 is 0 Å². The average molecular weight is 233 g/mol. The first kappa shape index (κ1) is 13.5. The molecule has 0 radical (unpaired) electrons. The van der Waals surface area contributed by atoms with Crippen LogP contribution in [0, 0.1) is 0 Å². The predicted octanol–water partition coefficient (Wildman–Crippen LogP) is 2.50. The second kappa shape index (κ2) is 7.63. The van der Waals surface area contributed by atoms with E-state index in [4.69, 9.17) is 5.11 Å². The van der Waals surface area contributed by atoms with Crippen LogP contribution in [0.25, 0.3) is 6.08 Å². The van der Waals surface area contributed by atoms with E-state index in [-0.39, 0.29) is 6.42 Å². The zero-order chi connectivity index (χ0) is 12.5. The molecule has 0 saturated heterocycles. The molecule has 0 fully saturated rings. The smallest absolute Gasteiger partial charge is 0.304 e. The van der Waals surface area contributed by atoms with E-state index in [0.717, 1.165) is 13.1 Å². The molecular weight excluding hydrogens is 214 g/mol. The molecule has 1 rings (SSSR count). The van der Waals surface area contributed by atoms with Gasteiger partial charge in [-0.25, -0.2) is 0 Å². The van der Waals surface area contributed by atoms with Gasteiger partial charge in [0.1, 0.15) is 0 Å². The van der Waals surface area contributed by atoms with E-state index in [1.54, 1.807) is 0 Å². The molecule has 0 heterocycles. The maximum Gasteiger partial charge on any atom is 0.304 e. The van der Waals surface area contributed by atoms with Crippen LogP contribution in [0.3, 0.4) is 0 Å². The van der Waals surface area contributed by atoms with Crippen molar-refractivity contribution in [2.24, 2.45) is 0 Å². The van der Waals surface area contributed by atoms with E-state index in [0.29, 0.717) is 6.54 Å². The topological polar surface area (TPSA) is 40.5 Å². The summed E-state index contributed by atoms with van der Waals surface area (Å²) in [6.07, 6.45) is 4.33. The summed E-state index contributed by atoms with van der Waals surface area (Å²) in [4.78, 5) is 12.6. The number of carboxylic acids is 1. The summed E-state index contributed by atoms with van der Waals surface area (Å²) in [6.45, 7) is 4.30. The molecule has 0 bridgehead atoms. The maximum absolute atomic E-state index is 10.5. The molecule has 3 heteroatoms. The number of hydrogen-bond acceptors (Lipinski definition) is 2. The Kier molecular flexibility index (Phi) is 6.04. The van der Waals surface area contributed by atoms with Gasteiger partial charge in [0.25, 0.3) is 0 Å². The lowest BCUT2D eigenvalue weighted by Gasteiger charge is -2.16. The minimum Gasteiger partial charge on any atom is -0.481 e. The van der Waals surface area contributed by atoms with E-state index in [1.165, 1.54) is 5.56 Å². The van der Waals surface area contributed by atoms with E-state index < -0.39 is 5.97 Å². The van der Waals surface area contributed by atoms with Crippen LogP contribution in [0.15, 0.2) is 36.4 Å². The number of nitrogens with zero attached hydrogens (tertiary/aromatic N) is 1. The average Bonchev–Trinajstić information content (AvgIpc) is 2.34. The fourth-order valence-electron chi connectivity index (χ4n) is 1.53. The summed E-state index contributed by atoms with van der Waals surface area (Å²) in [6, 6.07) is 10.1. The second-order valence-corrected chi connectivity index (χ2v) is 3.85. The lowest BCUT2D eigenvalue weighted by atomic mass is 10.2. The Morgan fingerprint density at radius 1 is 1.35 bits per heavy atom. The van der Waals surface area contributed by atoms with Crippen LogP contribution in [0.2, 0.25) is 0 Å². The molecule has 0 aliphatic heterocycles. The van der Waals surface area contributed by atoms with Gasteiger partial charge in [-0.05, 0) is 12.1 Å². The van der Waals surface area contributed by atoms with Gasteiger partial charge in [-0.1, -0.05) is 49.4 Å². The summed E-state index contributed by atoms with van der Waals surface area (Å²) >= 11 is 0. The van der Waals surface area contributed by atoms with Crippen molar-refractivity contribution in [2.75, 3.05) is 19.6 Å². The molecule has 0 atom stereocenters. The summed E-state index contributed by atoms with van der Waals surface area (Å²) in [5, 5.41) is 8.62. The van der Waals surface area contributed by atoms with Crippen LogP contribution in [-0.4, -0.2) is 35.6 Å². The van der Waals surface area contributed by atoms with Crippen molar-refractivity contribution < 1.29 is 9.90 Å². The number of aliphatic carboxylic acids is 1. The van der Waals surface area contributed by atoms with Gasteiger partial charge >= 0.3 is 5.97 Å². The number of rotatable bonds is 7. The molecule has 0 aliphatic rings. The Balaban J connectivity index is 2.37. The Morgan fingerprint density at radius 3 is 2.65 bits per heavy atom.